The van der Waals surface area contributed by atoms with Crippen LogP contribution in [0.3, 0.4) is 0 Å². The fourth-order valence-electron chi connectivity index (χ4n) is 3.51. The lowest BCUT2D eigenvalue weighted by Gasteiger charge is -2.43. The molecular weight excluding hydrogens is 379 g/mol. The number of benzene rings is 2. The highest BCUT2D eigenvalue weighted by Gasteiger charge is 2.39. The Hall–Kier alpha value is -2.66. The molecule has 0 spiro atoms. The standard InChI is InChI=1S/C22H20ClFN2O2/c23-17-6-4-16(5-7-17)22(12-1-13-22)26-20(27)10-11-21-25-14-19(28-21)15-2-8-18(24)9-3-15/h2-9,14H,1,10-13H2,(H,26,27). The number of nitrogens with one attached hydrogen (secondary N) is 1. The van der Waals surface area contributed by atoms with Crippen LogP contribution in [0.1, 0.15) is 37.1 Å². The van der Waals surface area contributed by atoms with Crippen LogP contribution < -0.4 is 5.32 Å². The number of hydrogen-bond donors (Lipinski definition) is 1. The van der Waals surface area contributed by atoms with E-state index in [4.69, 9.17) is 16.0 Å². The molecule has 0 bridgehead atoms. The Morgan fingerprint density at radius 2 is 1.86 bits per heavy atom. The fourth-order valence-corrected chi connectivity index (χ4v) is 3.63. The molecule has 1 aliphatic rings. The monoisotopic (exact) mass is 398 g/mol. The molecule has 4 rings (SSSR count). The average Bonchev–Trinajstić information content (AvgIpc) is 3.13. The van der Waals surface area contributed by atoms with Gasteiger partial charge in [0.1, 0.15) is 5.82 Å². The Labute approximate surface area is 167 Å². The first-order chi connectivity index (χ1) is 13.5. The summed E-state index contributed by atoms with van der Waals surface area (Å²) in [5, 5.41) is 3.87. The number of carbonyl (C=O) groups excluding carboxylic acids is 1. The number of nitrogens with zero attached hydrogens (tertiary/aromatic N) is 1. The van der Waals surface area contributed by atoms with Gasteiger partial charge in [-0.05, 0) is 61.2 Å². The Balaban J connectivity index is 1.37. The van der Waals surface area contributed by atoms with Crippen molar-refractivity contribution in [2.45, 2.75) is 37.6 Å². The SMILES string of the molecule is O=C(CCc1ncc(-c2ccc(F)cc2)o1)NC1(c2ccc(Cl)cc2)CCC1. The van der Waals surface area contributed by atoms with E-state index in [0.29, 0.717) is 29.5 Å². The maximum atomic E-state index is 13.0. The summed E-state index contributed by atoms with van der Waals surface area (Å²) in [6, 6.07) is 13.7. The van der Waals surface area contributed by atoms with E-state index >= 15 is 0 Å². The smallest absolute Gasteiger partial charge is 0.221 e. The van der Waals surface area contributed by atoms with E-state index in [1.807, 2.05) is 24.3 Å². The van der Waals surface area contributed by atoms with Crippen molar-refractivity contribution in [3.8, 4) is 11.3 Å². The van der Waals surface area contributed by atoms with E-state index in [1.165, 1.54) is 12.1 Å². The molecule has 0 saturated heterocycles. The lowest BCUT2D eigenvalue weighted by Crippen LogP contribution is -2.50. The normalized spacial score (nSPS) is 15.1. The molecule has 1 heterocycles. The Morgan fingerprint density at radius 3 is 2.50 bits per heavy atom. The maximum Gasteiger partial charge on any atom is 0.221 e. The van der Waals surface area contributed by atoms with Crippen LogP contribution >= 0.6 is 11.6 Å². The lowest BCUT2D eigenvalue weighted by molar-refractivity contribution is -0.124. The summed E-state index contributed by atoms with van der Waals surface area (Å²) in [5.74, 6) is 0.720. The zero-order chi connectivity index (χ0) is 19.6. The van der Waals surface area contributed by atoms with Crippen molar-refractivity contribution in [3.05, 3.63) is 77.0 Å². The minimum atomic E-state index is -0.300. The molecule has 1 fully saturated rings. The predicted molar refractivity (Wildman–Crippen MR) is 105 cm³/mol. The Kier molecular flexibility index (Phi) is 5.18. The van der Waals surface area contributed by atoms with E-state index in [2.05, 4.69) is 10.3 Å². The highest BCUT2D eigenvalue weighted by atomic mass is 35.5. The van der Waals surface area contributed by atoms with Crippen molar-refractivity contribution in [2.24, 2.45) is 0 Å². The number of hydrogen-bond acceptors (Lipinski definition) is 3. The van der Waals surface area contributed by atoms with Gasteiger partial charge in [0, 0.05) is 23.4 Å². The minimum absolute atomic E-state index is 0.0313. The maximum absolute atomic E-state index is 13.0. The van der Waals surface area contributed by atoms with Crippen molar-refractivity contribution in [1.29, 1.82) is 0 Å². The number of aromatic nitrogens is 1. The number of oxazole rings is 1. The molecule has 144 valence electrons. The van der Waals surface area contributed by atoms with Crippen molar-refractivity contribution < 1.29 is 13.6 Å². The summed E-state index contributed by atoms with van der Waals surface area (Å²) in [5.41, 5.74) is 1.55. The highest BCUT2D eigenvalue weighted by molar-refractivity contribution is 6.30. The van der Waals surface area contributed by atoms with Gasteiger partial charge in [0.15, 0.2) is 11.7 Å². The summed E-state index contributed by atoms with van der Waals surface area (Å²) in [6.45, 7) is 0. The first-order valence-corrected chi connectivity index (χ1v) is 9.70. The first kappa shape index (κ1) is 18.7. The van der Waals surface area contributed by atoms with Gasteiger partial charge in [-0.25, -0.2) is 9.37 Å². The summed E-state index contributed by atoms with van der Waals surface area (Å²) in [4.78, 5) is 16.8. The van der Waals surface area contributed by atoms with Crippen LogP contribution in [-0.4, -0.2) is 10.9 Å². The van der Waals surface area contributed by atoms with Crippen molar-refractivity contribution >= 4 is 17.5 Å². The number of amides is 1. The average molecular weight is 399 g/mol. The Bertz CT molecular complexity index is 963. The van der Waals surface area contributed by atoms with Crippen molar-refractivity contribution in [1.82, 2.24) is 10.3 Å². The zero-order valence-corrected chi connectivity index (χ0v) is 16.0. The Morgan fingerprint density at radius 1 is 1.14 bits per heavy atom. The third-order valence-corrected chi connectivity index (χ3v) is 5.48. The first-order valence-electron chi connectivity index (χ1n) is 9.32. The van der Waals surface area contributed by atoms with Crippen LogP contribution in [0.25, 0.3) is 11.3 Å². The van der Waals surface area contributed by atoms with E-state index in [0.717, 1.165) is 30.4 Å². The molecule has 0 radical (unpaired) electrons. The fraction of sp³-hybridized carbons (Fsp3) is 0.273. The number of carbonyl (C=O) groups is 1. The van der Waals surface area contributed by atoms with Gasteiger partial charge in [-0.1, -0.05) is 23.7 Å². The topological polar surface area (TPSA) is 55.1 Å². The molecule has 1 aliphatic carbocycles. The zero-order valence-electron chi connectivity index (χ0n) is 15.3. The van der Waals surface area contributed by atoms with Gasteiger partial charge in [-0.3, -0.25) is 4.79 Å². The summed E-state index contributed by atoms with van der Waals surface area (Å²) in [6.07, 6.45) is 5.23. The van der Waals surface area contributed by atoms with Gasteiger partial charge >= 0.3 is 0 Å². The van der Waals surface area contributed by atoms with Crippen LogP contribution in [0, 0.1) is 5.82 Å². The van der Waals surface area contributed by atoms with Crippen LogP contribution in [0.4, 0.5) is 4.39 Å². The largest absolute Gasteiger partial charge is 0.441 e. The molecule has 6 heteroatoms. The van der Waals surface area contributed by atoms with E-state index in [1.54, 1.807) is 18.3 Å². The number of halogens is 2. The van der Waals surface area contributed by atoms with E-state index in [9.17, 15) is 9.18 Å². The molecule has 28 heavy (non-hydrogen) atoms. The molecule has 3 aromatic rings. The van der Waals surface area contributed by atoms with E-state index < -0.39 is 0 Å². The second-order valence-electron chi connectivity index (χ2n) is 7.12. The van der Waals surface area contributed by atoms with Crippen LogP contribution in [0.5, 0.6) is 0 Å². The van der Waals surface area contributed by atoms with Crippen molar-refractivity contribution in [2.75, 3.05) is 0 Å². The molecule has 1 amide bonds. The second-order valence-corrected chi connectivity index (χ2v) is 7.55. The third-order valence-electron chi connectivity index (χ3n) is 5.23. The van der Waals surface area contributed by atoms with Crippen molar-refractivity contribution in [3.63, 3.8) is 0 Å². The molecule has 0 atom stereocenters. The van der Waals surface area contributed by atoms with Gasteiger partial charge in [0.2, 0.25) is 5.91 Å². The minimum Gasteiger partial charge on any atom is -0.441 e. The molecule has 2 aromatic carbocycles. The van der Waals surface area contributed by atoms with Crippen LogP contribution in [-0.2, 0) is 16.8 Å². The molecule has 0 aliphatic heterocycles. The molecule has 4 nitrogen and oxygen atoms in total. The summed E-state index contributed by atoms with van der Waals surface area (Å²) in [7, 11) is 0. The van der Waals surface area contributed by atoms with E-state index in [-0.39, 0.29) is 17.3 Å². The number of aryl methyl sites for hydroxylation is 1. The second kappa shape index (κ2) is 7.76. The number of rotatable bonds is 6. The molecule has 1 N–H and O–H groups in total. The third kappa shape index (κ3) is 3.94. The quantitative estimate of drug-likeness (QED) is 0.616. The highest BCUT2D eigenvalue weighted by Crippen LogP contribution is 2.41. The van der Waals surface area contributed by atoms with Gasteiger partial charge in [-0.2, -0.15) is 0 Å². The predicted octanol–water partition coefficient (Wildman–Crippen LogP) is 5.26. The van der Waals surface area contributed by atoms with Gasteiger partial charge in [-0.15, -0.1) is 0 Å². The molecular formula is C22H20ClFN2O2. The van der Waals surface area contributed by atoms with Gasteiger partial charge < -0.3 is 9.73 Å². The molecule has 1 saturated carbocycles. The molecule has 1 aromatic heterocycles. The summed E-state index contributed by atoms with van der Waals surface area (Å²) >= 11 is 5.98. The lowest BCUT2D eigenvalue weighted by atomic mass is 9.71. The van der Waals surface area contributed by atoms with Gasteiger partial charge in [0.25, 0.3) is 0 Å². The van der Waals surface area contributed by atoms with Gasteiger partial charge in [0.05, 0.1) is 11.7 Å². The molecule has 0 unspecified atom stereocenters. The summed E-state index contributed by atoms with van der Waals surface area (Å²) < 4.78 is 18.7. The van der Waals surface area contributed by atoms with Crippen LogP contribution in [0.2, 0.25) is 5.02 Å². The van der Waals surface area contributed by atoms with Crippen LogP contribution in [0.15, 0.2) is 59.1 Å².